The Hall–Kier alpha value is -1.40. The van der Waals surface area contributed by atoms with Crippen molar-refractivity contribution in [2.45, 2.75) is 24.3 Å². The third-order valence-electron chi connectivity index (χ3n) is 4.34. The van der Waals surface area contributed by atoms with Crippen LogP contribution in [0.5, 0.6) is 0 Å². The lowest BCUT2D eigenvalue weighted by Crippen LogP contribution is -2.48. The number of piperidine rings is 1. The van der Waals surface area contributed by atoms with Gasteiger partial charge < -0.3 is 5.32 Å². The van der Waals surface area contributed by atoms with Gasteiger partial charge in [-0.15, -0.1) is 12.4 Å². The van der Waals surface area contributed by atoms with Crippen LogP contribution in [-0.4, -0.2) is 27.5 Å². The van der Waals surface area contributed by atoms with E-state index in [9.17, 15) is 8.42 Å². The molecule has 1 aliphatic heterocycles. The predicted octanol–water partition coefficient (Wildman–Crippen LogP) is 3.05. The fourth-order valence-electron chi connectivity index (χ4n) is 2.93. The summed E-state index contributed by atoms with van der Waals surface area (Å²) in [5.41, 5.74) is 1.92. The second kappa shape index (κ2) is 8.12. The van der Waals surface area contributed by atoms with Gasteiger partial charge in [-0.05, 0) is 48.7 Å². The van der Waals surface area contributed by atoms with Crippen molar-refractivity contribution in [2.75, 3.05) is 13.1 Å². The van der Waals surface area contributed by atoms with E-state index in [-0.39, 0.29) is 24.4 Å². The SMILES string of the molecule is CC1CNCCC1NS(=O)(=O)c1cccc(-c2ccccc2)c1.Cl. The van der Waals surface area contributed by atoms with E-state index >= 15 is 0 Å². The lowest BCUT2D eigenvalue weighted by Gasteiger charge is -2.30. The fourth-order valence-corrected chi connectivity index (χ4v) is 4.35. The molecule has 1 saturated heterocycles. The van der Waals surface area contributed by atoms with E-state index in [2.05, 4.69) is 17.0 Å². The van der Waals surface area contributed by atoms with Crippen LogP contribution in [0.15, 0.2) is 59.5 Å². The molecule has 2 aromatic rings. The number of benzene rings is 2. The number of sulfonamides is 1. The number of halogens is 1. The Morgan fingerprint density at radius 3 is 2.46 bits per heavy atom. The number of rotatable bonds is 4. The van der Waals surface area contributed by atoms with Gasteiger partial charge in [-0.25, -0.2) is 13.1 Å². The van der Waals surface area contributed by atoms with Crippen LogP contribution in [0.25, 0.3) is 11.1 Å². The molecule has 0 spiro atoms. The van der Waals surface area contributed by atoms with Crippen LogP contribution in [0.4, 0.5) is 0 Å². The highest BCUT2D eigenvalue weighted by Gasteiger charge is 2.26. The standard InChI is InChI=1S/C18H22N2O2S.ClH/c1-14-13-19-11-10-18(14)20-23(21,22)17-9-5-8-16(12-17)15-6-3-2-4-7-15;/h2-9,12,14,18-20H,10-11,13H2,1H3;1H. The van der Waals surface area contributed by atoms with Gasteiger partial charge >= 0.3 is 0 Å². The molecule has 0 saturated carbocycles. The smallest absolute Gasteiger partial charge is 0.240 e. The molecule has 1 aliphatic rings. The summed E-state index contributed by atoms with van der Waals surface area (Å²) in [5.74, 6) is 0.288. The van der Waals surface area contributed by atoms with Gasteiger partial charge in [0.2, 0.25) is 10.0 Å². The summed E-state index contributed by atoms with van der Waals surface area (Å²) in [6.45, 7) is 3.76. The van der Waals surface area contributed by atoms with Crippen molar-refractivity contribution in [3.63, 3.8) is 0 Å². The van der Waals surface area contributed by atoms with Crippen LogP contribution in [0.1, 0.15) is 13.3 Å². The number of nitrogens with one attached hydrogen (secondary N) is 2. The molecule has 0 aliphatic carbocycles. The molecule has 2 N–H and O–H groups in total. The van der Waals surface area contributed by atoms with Crippen LogP contribution in [0, 0.1) is 5.92 Å². The van der Waals surface area contributed by atoms with E-state index in [1.54, 1.807) is 18.2 Å². The van der Waals surface area contributed by atoms with Gasteiger partial charge in [0.1, 0.15) is 0 Å². The second-order valence-electron chi connectivity index (χ2n) is 6.09. The Bertz CT molecular complexity index is 766. The lowest BCUT2D eigenvalue weighted by molar-refractivity contribution is 0.328. The normalized spacial score (nSPS) is 21.0. The van der Waals surface area contributed by atoms with Crippen molar-refractivity contribution in [3.05, 3.63) is 54.6 Å². The minimum absolute atomic E-state index is 0. The molecule has 0 aromatic heterocycles. The molecule has 3 rings (SSSR count). The topological polar surface area (TPSA) is 58.2 Å². The Kier molecular flexibility index (Phi) is 6.40. The third-order valence-corrected chi connectivity index (χ3v) is 5.83. The van der Waals surface area contributed by atoms with Gasteiger partial charge in [-0.1, -0.05) is 49.4 Å². The van der Waals surface area contributed by atoms with Crippen LogP contribution < -0.4 is 10.0 Å². The molecule has 2 aromatic carbocycles. The highest BCUT2D eigenvalue weighted by molar-refractivity contribution is 7.89. The Morgan fingerprint density at radius 1 is 1.04 bits per heavy atom. The van der Waals surface area contributed by atoms with Gasteiger partial charge in [0, 0.05) is 6.04 Å². The van der Waals surface area contributed by atoms with Crippen LogP contribution in [0.3, 0.4) is 0 Å². The minimum Gasteiger partial charge on any atom is -0.316 e. The highest BCUT2D eigenvalue weighted by Crippen LogP contribution is 2.23. The molecule has 0 amide bonds. The predicted molar refractivity (Wildman–Crippen MR) is 99.9 cm³/mol. The van der Waals surface area contributed by atoms with Crippen molar-refractivity contribution in [3.8, 4) is 11.1 Å². The van der Waals surface area contributed by atoms with Gasteiger partial charge in [-0.2, -0.15) is 0 Å². The summed E-state index contributed by atoms with van der Waals surface area (Å²) in [4.78, 5) is 0.324. The molecule has 4 nitrogen and oxygen atoms in total. The summed E-state index contributed by atoms with van der Waals surface area (Å²) >= 11 is 0. The van der Waals surface area contributed by atoms with E-state index in [0.717, 1.165) is 30.6 Å². The first-order valence-electron chi connectivity index (χ1n) is 7.95. The fraction of sp³-hybridized carbons (Fsp3) is 0.333. The highest BCUT2D eigenvalue weighted by atomic mass is 35.5. The van der Waals surface area contributed by atoms with Gasteiger partial charge in [0.05, 0.1) is 4.90 Å². The van der Waals surface area contributed by atoms with Crippen molar-refractivity contribution in [1.82, 2.24) is 10.0 Å². The van der Waals surface area contributed by atoms with Crippen molar-refractivity contribution >= 4 is 22.4 Å². The molecule has 130 valence electrons. The molecule has 1 fully saturated rings. The molecular formula is C18H23ClN2O2S. The second-order valence-corrected chi connectivity index (χ2v) is 7.81. The first-order chi connectivity index (χ1) is 11.1. The van der Waals surface area contributed by atoms with E-state index in [1.807, 2.05) is 36.4 Å². The molecule has 2 atom stereocenters. The van der Waals surface area contributed by atoms with E-state index in [0.29, 0.717) is 4.90 Å². The molecule has 1 heterocycles. The average molecular weight is 367 g/mol. The minimum atomic E-state index is -3.50. The first-order valence-corrected chi connectivity index (χ1v) is 9.43. The summed E-state index contributed by atoms with van der Waals surface area (Å²) in [7, 11) is -3.50. The van der Waals surface area contributed by atoms with Crippen LogP contribution in [0.2, 0.25) is 0 Å². The van der Waals surface area contributed by atoms with Crippen molar-refractivity contribution in [2.24, 2.45) is 5.92 Å². The third kappa shape index (κ3) is 4.36. The number of hydrogen-bond acceptors (Lipinski definition) is 3. The quantitative estimate of drug-likeness (QED) is 0.874. The maximum absolute atomic E-state index is 12.7. The molecule has 0 bridgehead atoms. The van der Waals surface area contributed by atoms with Gasteiger partial charge in [0.25, 0.3) is 0 Å². The maximum atomic E-state index is 12.7. The maximum Gasteiger partial charge on any atom is 0.240 e. The van der Waals surface area contributed by atoms with E-state index < -0.39 is 10.0 Å². The van der Waals surface area contributed by atoms with Crippen LogP contribution in [-0.2, 0) is 10.0 Å². The monoisotopic (exact) mass is 366 g/mol. The Morgan fingerprint density at radius 2 is 1.75 bits per heavy atom. The summed E-state index contributed by atoms with van der Waals surface area (Å²) in [6.07, 6.45) is 0.818. The Labute approximate surface area is 150 Å². The molecule has 2 unspecified atom stereocenters. The summed E-state index contributed by atoms with van der Waals surface area (Å²) in [5, 5.41) is 3.29. The zero-order valence-corrected chi connectivity index (χ0v) is 15.2. The zero-order valence-electron chi connectivity index (χ0n) is 13.6. The number of hydrogen-bond donors (Lipinski definition) is 2. The molecule has 24 heavy (non-hydrogen) atoms. The van der Waals surface area contributed by atoms with Gasteiger partial charge in [-0.3, -0.25) is 0 Å². The first kappa shape index (κ1) is 18.9. The Balaban J connectivity index is 0.00000208. The largest absolute Gasteiger partial charge is 0.316 e. The zero-order chi connectivity index (χ0) is 16.3. The molecule has 0 radical (unpaired) electrons. The summed E-state index contributed by atoms with van der Waals surface area (Å²) in [6, 6.07) is 16.9. The molecular weight excluding hydrogens is 344 g/mol. The lowest BCUT2D eigenvalue weighted by atomic mass is 9.97. The van der Waals surface area contributed by atoms with Crippen LogP contribution >= 0.6 is 12.4 Å². The van der Waals surface area contributed by atoms with E-state index in [4.69, 9.17) is 0 Å². The van der Waals surface area contributed by atoms with Crippen molar-refractivity contribution in [1.29, 1.82) is 0 Å². The van der Waals surface area contributed by atoms with Gasteiger partial charge in [0.15, 0.2) is 0 Å². The average Bonchev–Trinajstić information content (AvgIpc) is 2.58. The summed E-state index contributed by atoms with van der Waals surface area (Å²) < 4.78 is 28.3. The molecule has 6 heteroatoms. The van der Waals surface area contributed by atoms with Crippen molar-refractivity contribution < 1.29 is 8.42 Å². The van der Waals surface area contributed by atoms with E-state index in [1.165, 1.54) is 0 Å².